The Labute approximate surface area is 234 Å². The van der Waals surface area contributed by atoms with Gasteiger partial charge in [-0.25, -0.2) is 0 Å². The number of hydrogen-bond donors (Lipinski definition) is 0. The minimum Gasteiger partial charge on any atom is -0.294 e. The highest BCUT2D eigenvalue weighted by Gasteiger charge is 2.23. The van der Waals surface area contributed by atoms with Gasteiger partial charge < -0.3 is 0 Å². The Morgan fingerprint density at radius 1 is 1.08 bits per heavy atom. The number of benzene rings is 2. The highest BCUT2D eigenvalue weighted by molar-refractivity contribution is 5.96. The number of carbonyl (C=O) groups excluding carboxylic acids is 1. The van der Waals surface area contributed by atoms with E-state index in [-0.39, 0.29) is 11.7 Å². The molecule has 0 aromatic heterocycles. The van der Waals surface area contributed by atoms with E-state index >= 15 is 0 Å². The number of aryl methyl sites for hydroxylation is 2. The van der Waals surface area contributed by atoms with Crippen LogP contribution in [0, 0.1) is 37.5 Å². The molecule has 1 aliphatic heterocycles. The van der Waals surface area contributed by atoms with E-state index in [2.05, 4.69) is 91.9 Å². The molecule has 2 aliphatic carbocycles. The van der Waals surface area contributed by atoms with Gasteiger partial charge in [-0.3, -0.25) is 9.79 Å². The third kappa shape index (κ3) is 7.21. The summed E-state index contributed by atoms with van der Waals surface area (Å²) >= 11 is 0. The minimum atomic E-state index is 0.152. The van der Waals surface area contributed by atoms with Gasteiger partial charge in [0.15, 0.2) is 5.78 Å². The average molecular weight is 512 g/mol. The van der Waals surface area contributed by atoms with Gasteiger partial charge in [-0.1, -0.05) is 97.7 Å². The smallest absolute Gasteiger partial charge is 0.162 e. The molecule has 2 heteroatoms. The van der Waals surface area contributed by atoms with Gasteiger partial charge in [-0.2, -0.15) is 0 Å². The molecule has 0 bridgehead atoms. The maximum atomic E-state index is 11.9. The van der Waals surface area contributed by atoms with Crippen molar-refractivity contribution < 1.29 is 4.79 Å². The second-order valence-electron chi connectivity index (χ2n) is 10.4. The maximum Gasteiger partial charge on any atom is 0.162 e. The van der Waals surface area contributed by atoms with Crippen LogP contribution in [0.5, 0.6) is 0 Å². The van der Waals surface area contributed by atoms with E-state index in [9.17, 15) is 4.79 Å². The van der Waals surface area contributed by atoms with Gasteiger partial charge in [0.05, 0.1) is 0 Å². The maximum absolute atomic E-state index is 11.9. The summed E-state index contributed by atoms with van der Waals surface area (Å²) in [5.74, 6) is 7.58. The fraction of sp³-hybridized carbons (Fsp3) is 0.243. The zero-order chi connectivity index (χ0) is 27.8. The number of Topliss-reactive ketones (excluding diaryl/α,β-unsaturated/α-hetero) is 1. The molecule has 5 rings (SSSR count). The lowest BCUT2D eigenvalue weighted by Gasteiger charge is -2.13. The molecule has 2 nitrogen and oxygen atoms in total. The van der Waals surface area contributed by atoms with Crippen LogP contribution in [-0.2, 0) is 6.42 Å². The molecule has 2 aromatic rings. The lowest BCUT2D eigenvalue weighted by molar-refractivity contribution is 0.0988. The Kier molecular flexibility index (Phi) is 9.29. The van der Waals surface area contributed by atoms with Crippen molar-refractivity contribution in [2.24, 2.45) is 16.8 Å². The van der Waals surface area contributed by atoms with Gasteiger partial charge in [0.2, 0.25) is 0 Å². The Hall–Kier alpha value is -4.22. The summed E-state index contributed by atoms with van der Waals surface area (Å²) in [5, 5.41) is 0. The first kappa shape index (κ1) is 27.8. The fourth-order valence-corrected chi connectivity index (χ4v) is 5.07. The molecule has 2 aromatic carbocycles. The van der Waals surface area contributed by atoms with Gasteiger partial charge in [0, 0.05) is 41.5 Å². The normalized spacial score (nSPS) is 18.5. The highest BCUT2D eigenvalue weighted by atomic mass is 16.1. The molecule has 3 aliphatic rings. The van der Waals surface area contributed by atoms with Crippen molar-refractivity contribution in [3.63, 3.8) is 0 Å². The first-order chi connectivity index (χ1) is 18.9. The SMILES string of the molecule is C=Cc1cc(C)cc(CC2C=CC=CC2)c1.CCC(=O)c1ccc(C)c(C#CC2=CC(C)=C3C=NC=CC23)c1. The van der Waals surface area contributed by atoms with E-state index in [4.69, 9.17) is 0 Å². The number of fused-ring (bicyclic) bond motifs is 1. The predicted octanol–water partition coefficient (Wildman–Crippen LogP) is 8.72. The van der Waals surface area contributed by atoms with Gasteiger partial charge in [0.25, 0.3) is 0 Å². The third-order valence-electron chi connectivity index (χ3n) is 7.26. The second kappa shape index (κ2) is 13.0. The summed E-state index contributed by atoms with van der Waals surface area (Å²) in [4.78, 5) is 16.1. The van der Waals surface area contributed by atoms with Crippen LogP contribution >= 0.6 is 0 Å². The van der Waals surface area contributed by atoms with Crippen molar-refractivity contribution in [1.82, 2.24) is 0 Å². The molecule has 0 spiro atoms. The molecule has 1 heterocycles. The Bertz CT molecular complexity index is 1510. The largest absolute Gasteiger partial charge is 0.294 e. The molecule has 0 saturated carbocycles. The molecule has 0 radical (unpaired) electrons. The monoisotopic (exact) mass is 511 g/mol. The summed E-state index contributed by atoms with van der Waals surface area (Å²) in [7, 11) is 0. The van der Waals surface area contributed by atoms with E-state index in [1.165, 1.54) is 27.8 Å². The summed E-state index contributed by atoms with van der Waals surface area (Å²) in [6, 6.07) is 12.4. The molecular weight excluding hydrogens is 474 g/mol. The predicted molar refractivity (Wildman–Crippen MR) is 166 cm³/mol. The number of nitrogens with zero attached hydrogens (tertiary/aromatic N) is 1. The molecule has 0 fully saturated rings. The molecule has 2 unspecified atom stereocenters. The first-order valence-corrected chi connectivity index (χ1v) is 13.7. The van der Waals surface area contributed by atoms with Crippen molar-refractivity contribution in [2.75, 3.05) is 0 Å². The number of rotatable bonds is 5. The Morgan fingerprint density at radius 3 is 2.67 bits per heavy atom. The lowest BCUT2D eigenvalue weighted by atomic mass is 9.92. The van der Waals surface area contributed by atoms with Gasteiger partial charge in [-0.15, -0.1) is 0 Å². The molecule has 0 saturated heterocycles. The third-order valence-corrected chi connectivity index (χ3v) is 7.26. The molecule has 0 amide bonds. The van der Waals surface area contributed by atoms with Crippen LogP contribution in [0.4, 0.5) is 0 Å². The van der Waals surface area contributed by atoms with Crippen molar-refractivity contribution >= 4 is 18.1 Å². The minimum absolute atomic E-state index is 0.152. The van der Waals surface area contributed by atoms with Crippen LogP contribution in [0.15, 0.2) is 107 Å². The highest BCUT2D eigenvalue weighted by Crippen LogP contribution is 2.33. The summed E-state index contributed by atoms with van der Waals surface area (Å²) in [6.07, 6.45) is 21.5. The van der Waals surface area contributed by atoms with E-state index < -0.39 is 0 Å². The van der Waals surface area contributed by atoms with Crippen LogP contribution in [0.3, 0.4) is 0 Å². The summed E-state index contributed by atoms with van der Waals surface area (Å²) < 4.78 is 0. The van der Waals surface area contributed by atoms with Crippen molar-refractivity contribution in [1.29, 1.82) is 0 Å². The van der Waals surface area contributed by atoms with Gasteiger partial charge in [0.1, 0.15) is 0 Å². The van der Waals surface area contributed by atoms with Crippen molar-refractivity contribution in [2.45, 2.75) is 47.0 Å². The molecular formula is C37H37NO. The zero-order valence-corrected chi connectivity index (χ0v) is 23.5. The first-order valence-electron chi connectivity index (χ1n) is 13.7. The topological polar surface area (TPSA) is 29.4 Å². The van der Waals surface area contributed by atoms with Crippen LogP contribution in [0.2, 0.25) is 0 Å². The molecule has 0 N–H and O–H groups in total. The van der Waals surface area contributed by atoms with Crippen molar-refractivity contribution in [3.8, 4) is 11.8 Å². The standard InChI is InChI=1S/C21H19NO.C16H18/c1-4-21(23)18-6-5-14(2)16(12-18)7-8-17-11-15(3)20-13-22-10-9-19(17)20;1-3-14-9-13(2)10-16(11-14)12-15-7-5-4-6-8-15/h5-6,9-13,19H,4H2,1-3H3;3-7,9-11,15H,1,8,12H2,2H3. The van der Waals surface area contributed by atoms with Crippen LogP contribution < -0.4 is 0 Å². The lowest BCUT2D eigenvalue weighted by Crippen LogP contribution is -2.04. The average Bonchev–Trinajstić information content (AvgIpc) is 3.28. The van der Waals surface area contributed by atoms with Gasteiger partial charge in [-0.05, 0) is 79.5 Å². The Morgan fingerprint density at radius 2 is 1.92 bits per heavy atom. The van der Waals surface area contributed by atoms with E-state index in [0.717, 1.165) is 35.1 Å². The molecule has 196 valence electrons. The van der Waals surface area contributed by atoms with Crippen LogP contribution in [0.1, 0.15) is 64.9 Å². The second-order valence-corrected chi connectivity index (χ2v) is 10.4. The number of carbonyl (C=O) groups is 1. The van der Waals surface area contributed by atoms with Gasteiger partial charge >= 0.3 is 0 Å². The molecule has 39 heavy (non-hydrogen) atoms. The van der Waals surface area contributed by atoms with E-state index in [1.54, 1.807) is 0 Å². The number of ketones is 1. The van der Waals surface area contributed by atoms with Crippen LogP contribution in [0.25, 0.3) is 6.08 Å². The summed E-state index contributed by atoms with van der Waals surface area (Å²) in [5.41, 5.74) is 10.3. The molecule has 2 atom stereocenters. The fourth-order valence-electron chi connectivity index (χ4n) is 5.07. The number of aliphatic imine (C=N–C) groups is 1. The quantitative estimate of drug-likeness (QED) is 0.291. The van der Waals surface area contributed by atoms with Crippen molar-refractivity contribution in [3.05, 3.63) is 136 Å². The Balaban J connectivity index is 0.000000193. The van der Waals surface area contributed by atoms with E-state index in [0.29, 0.717) is 12.3 Å². The summed E-state index contributed by atoms with van der Waals surface area (Å²) in [6.45, 7) is 12.0. The number of allylic oxidation sites excluding steroid dienone is 9. The van der Waals surface area contributed by atoms with Crippen LogP contribution in [-0.4, -0.2) is 12.0 Å². The number of hydrogen-bond acceptors (Lipinski definition) is 2. The zero-order valence-electron chi connectivity index (χ0n) is 23.5. The van der Waals surface area contributed by atoms with E-state index in [1.807, 2.05) is 50.5 Å².